The molecular weight excluding hydrogens is 352 g/mol. The molecule has 1 aliphatic heterocycles. The van der Waals surface area contributed by atoms with E-state index in [9.17, 15) is 4.79 Å². The van der Waals surface area contributed by atoms with Crippen LogP contribution in [-0.2, 0) is 23.4 Å². The lowest BCUT2D eigenvalue weighted by Crippen LogP contribution is -2.44. The summed E-state index contributed by atoms with van der Waals surface area (Å²) in [6, 6.07) is 0. The Morgan fingerprint density at radius 2 is 1.77 bits per heavy atom. The van der Waals surface area contributed by atoms with Crippen molar-refractivity contribution in [3.63, 3.8) is 0 Å². The Morgan fingerprint density at radius 1 is 1.23 bits per heavy atom. The zero-order chi connectivity index (χ0) is 20.3. The number of methoxy groups -OCH3 is 1. The first kappa shape index (κ1) is 23.1. The molecule has 26 heavy (non-hydrogen) atoms. The highest BCUT2D eigenvalue weighted by Crippen LogP contribution is 2.38. The fourth-order valence-corrected chi connectivity index (χ4v) is 3.50. The summed E-state index contributed by atoms with van der Waals surface area (Å²) in [6.45, 7) is 21.0. The van der Waals surface area contributed by atoms with Crippen molar-refractivity contribution < 1.29 is 28.2 Å². The molecule has 0 spiro atoms. The molecule has 152 valence electrons. The van der Waals surface area contributed by atoms with Gasteiger partial charge in [-0.25, -0.2) is 4.79 Å². The number of hydrogen-bond donors (Lipinski definition) is 0. The quantitative estimate of drug-likeness (QED) is 0.359. The molecule has 3 atom stereocenters. The van der Waals surface area contributed by atoms with Gasteiger partial charge >= 0.3 is 6.16 Å². The predicted molar refractivity (Wildman–Crippen MR) is 104 cm³/mol. The maximum Gasteiger partial charge on any atom is 0.508 e. The topological polar surface area (TPSA) is 63.2 Å². The van der Waals surface area contributed by atoms with E-state index in [1.54, 1.807) is 0 Å². The number of carbonyl (C=O) groups excluding carboxylic acids is 1. The molecule has 7 heteroatoms. The molecule has 1 fully saturated rings. The standard InChI is InChI=1S/C19H36O6Si/c1-13(2)14(23-17(20)21-8)11-15-16(25-19(6,7)24-15)12-22-26(9,10)18(3,4)5/h14-16H,1,11-12H2,2-10H3/t14-,15-,16-/m0/s1. The molecule has 0 unspecified atom stereocenters. The van der Waals surface area contributed by atoms with Crippen molar-refractivity contribution >= 4 is 14.5 Å². The van der Waals surface area contributed by atoms with Gasteiger partial charge in [-0.1, -0.05) is 27.4 Å². The number of ether oxygens (including phenoxy) is 4. The fraction of sp³-hybridized carbons (Fsp3) is 0.842. The summed E-state index contributed by atoms with van der Waals surface area (Å²) in [5, 5.41) is 0.117. The Labute approximate surface area is 159 Å². The predicted octanol–water partition coefficient (Wildman–Crippen LogP) is 4.65. The smallest absolute Gasteiger partial charge is 0.438 e. The van der Waals surface area contributed by atoms with E-state index in [0.29, 0.717) is 13.0 Å². The van der Waals surface area contributed by atoms with Crippen molar-refractivity contribution in [2.24, 2.45) is 0 Å². The molecule has 1 rings (SSSR count). The maximum atomic E-state index is 11.5. The lowest BCUT2D eigenvalue weighted by atomic mass is 10.0. The van der Waals surface area contributed by atoms with Crippen LogP contribution in [-0.4, -0.2) is 52.3 Å². The number of hydrogen-bond acceptors (Lipinski definition) is 6. The third kappa shape index (κ3) is 6.37. The zero-order valence-electron chi connectivity index (χ0n) is 17.8. The average Bonchev–Trinajstić information content (AvgIpc) is 2.77. The minimum absolute atomic E-state index is 0.117. The third-order valence-corrected chi connectivity index (χ3v) is 9.60. The summed E-state index contributed by atoms with van der Waals surface area (Å²) in [4.78, 5) is 11.5. The minimum Gasteiger partial charge on any atom is -0.438 e. The largest absolute Gasteiger partial charge is 0.508 e. The normalized spacial score (nSPS) is 24.2. The molecule has 0 saturated carbocycles. The summed E-state index contributed by atoms with van der Waals surface area (Å²) in [5.74, 6) is -0.711. The third-order valence-electron chi connectivity index (χ3n) is 5.10. The molecule has 0 aromatic rings. The highest BCUT2D eigenvalue weighted by molar-refractivity contribution is 6.74. The van der Waals surface area contributed by atoms with Gasteiger partial charge in [-0.3, -0.25) is 0 Å². The summed E-state index contributed by atoms with van der Waals surface area (Å²) in [6.07, 6.45) is -1.28. The van der Waals surface area contributed by atoms with Gasteiger partial charge < -0.3 is 23.4 Å². The molecule has 6 nitrogen and oxygen atoms in total. The van der Waals surface area contributed by atoms with Gasteiger partial charge in [0.1, 0.15) is 12.2 Å². The van der Waals surface area contributed by atoms with Gasteiger partial charge in [0, 0.05) is 6.42 Å². The van der Waals surface area contributed by atoms with Crippen molar-refractivity contribution in [1.82, 2.24) is 0 Å². The molecular formula is C19H36O6Si. The monoisotopic (exact) mass is 388 g/mol. The summed E-state index contributed by atoms with van der Waals surface area (Å²) < 4.78 is 28.3. The summed E-state index contributed by atoms with van der Waals surface area (Å²) in [7, 11) is -0.617. The second-order valence-electron chi connectivity index (χ2n) is 8.93. The van der Waals surface area contributed by atoms with Crippen LogP contribution in [0.15, 0.2) is 12.2 Å². The molecule has 0 radical (unpaired) electrons. The van der Waals surface area contributed by atoms with Crippen LogP contribution in [0, 0.1) is 0 Å². The Bertz CT molecular complexity index is 509. The van der Waals surface area contributed by atoms with Gasteiger partial charge in [0.2, 0.25) is 0 Å². The molecule has 0 amide bonds. The first-order valence-electron chi connectivity index (χ1n) is 9.08. The first-order chi connectivity index (χ1) is 11.7. The Kier molecular flexibility index (Phi) is 7.49. The van der Waals surface area contributed by atoms with Crippen LogP contribution in [0.5, 0.6) is 0 Å². The molecule has 1 aliphatic rings. The van der Waals surface area contributed by atoms with E-state index in [1.807, 2.05) is 20.8 Å². The highest BCUT2D eigenvalue weighted by atomic mass is 28.4. The Hall–Kier alpha value is -0.893. The van der Waals surface area contributed by atoms with Crippen molar-refractivity contribution in [3.05, 3.63) is 12.2 Å². The van der Waals surface area contributed by atoms with Crippen LogP contribution in [0.3, 0.4) is 0 Å². The van der Waals surface area contributed by atoms with Crippen molar-refractivity contribution in [3.8, 4) is 0 Å². The van der Waals surface area contributed by atoms with Gasteiger partial charge in [-0.05, 0) is 44.5 Å². The lowest BCUT2D eigenvalue weighted by molar-refractivity contribution is -0.150. The van der Waals surface area contributed by atoms with Crippen LogP contribution in [0.25, 0.3) is 0 Å². The molecule has 1 saturated heterocycles. The van der Waals surface area contributed by atoms with E-state index in [-0.39, 0.29) is 17.2 Å². The molecule has 0 aliphatic carbocycles. The van der Waals surface area contributed by atoms with Crippen LogP contribution in [0.4, 0.5) is 4.79 Å². The molecule has 0 aromatic heterocycles. The Balaban J connectivity index is 2.83. The van der Waals surface area contributed by atoms with Crippen molar-refractivity contribution in [2.75, 3.05) is 13.7 Å². The van der Waals surface area contributed by atoms with Gasteiger partial charge in [-0.2, -0.15) is 0 Å². The second kappa shape index (κ2) is 8.42. The van der Waals surface area contributed by atoms with E-state index in [1.165, 1.54) is 7.11 Å². The zero-order valence-corrected chi connectivity index (χ0v) is 18.8. The van der Waals surface area contributed by atoms with E-state index in [4.69, 9.17) is 18.6 Å². The summed E-state index contributed by atoms with van der Waals surface area (Å²) >= 11 is 0. The summed E-state index contributed by atoms with van der Waals surface area (Å²) in [5.41, 5.74) is 0.729. The van der Waals surface area contributed by atoms with E-state index < -0.39 is 26.4 Å². The van der Waals surface area contributed by atoms with Gasteiger partial charge in [0.05, 0.1) is 19.8 Å². The number of rotatable bonds is 7. The van der Waals surface area contributed by atoms with Crippen LogP contribution in [0.1, 0.15) is 48.0 Å². The fourth-order valence-electron chi connectivity index (χ4n) is 2.48. The van der Waals surface area contributed by atoms with Gasteiger partial charge in [0.25, 0.3) is 0 Å². The van der Waals surface area contributed by atoms with E-state index in [2.05, 4.69) is 45.2 Å². The van der Waals surface area contributed by atoms with E-state index >= 15 is 0 Å². The van der Waals surface area contributed by atoms with Crippen LogP contribution in [0.2, 0.25) is 18.1 Å². The minimum atomic E-state index is -1.90. The van der Waals surface area contributed by atoms with Gasteiger partial charge in [-0.15, -0.1) is 0 Å². The molecule has 0 bridgehead atoms. The van der Waals surface area contributed by atoms with E-state index in [0.717, 1.165) is 5.57 Å². The molecule has 0 N–H and O–H groups in total. The molecule has 1 heterocycles. The van der Waals surface area contributed by atoms with Crippen molar-refractivity contribution in [2.45, 2.75) is 90.2 Å². The SMILES string of the molecule is C=C(C)[C@H](C[C@@H]1OC(C)(C)O[C@H]1CO[Si](C)(C)C(C)(C)C)OC(=O)OC. The maximum absolute atomic E-state index is 11.5. The number of carbonyl (C=O) groups is 1. The van der Waals surface area contributed by atoms with Gasteiger partial charge in [0.15, 0.2) is 14.1 Å². The van der Waals surface area contributed by atoms with Crippen LogP contribution >= 0.6 is 0 Å². The average molecular weight is 389 g/mol. The lowest BCUT2D eigenvalue weighted by Gasteiger charge is -2.37. The highest BCUT2D eigenvalue weighted by Gasteiger charge is 2.45. The first-order valence-corrected chi connectivity index (χ1v) is 12.0. The molecule has 0 aromatic carbocycles. The second-order valence-corrected chi connectivity index (χ2v) is 13.7. The van der Waals surface area contributed by atoms with Crippen molar-refractivity contribution in [1.29, 1.82) is 0 Å². The Morgan fingerprint density at radius 3 is 2.23 bits per heavy atom. The van der Waals surface area contributed by atoms with Crippen LogP contribution < -0.4 is 0 Å².